The molecule has 0 saturated carbocycles. The maximum Gasteiger partial charge on any atom is 0.430 e. The molecular weight excluding hydrogens is 468 g/mol. The maximum absolute atomic E-state index is 14.3. The van der Waals surface area contributed by atoms with Crippen molar-refractivity contribution < 1.29 is 36.6 Å². The average molecular weight is 494 g/mol. The van der Waals surface area contributed by atoms with Gasteiger partial charge in [0.2, 0.25) is 0 Å². The molecule has 2 aliphatic heterocycles. The number of methoxy groups -OCH3 is 1. The quantitative estimate of drug-likeness (QED) is 0.639. The molecule has 2 aliphatic rings. The molecule has 35 heavy (non-hydrogen) atoms. The Labute approximate surface area is 200 Å². The first-order chi connectivity index (χ1) is 16.5. The van der Waals surface area contributed by atoms with Gasteiger partial charge in [-0.3, -0.25) is 4.79 Å². The lowest BCUT2D eigenvalue weighted by Gasteiger charge is -2.49. The van der Waals surface area contributed by atoms with Crippen LogP contribution >= 0.6 is 0 Å². The van der Waals surface area contributed by atoms with Crippen LogP contribution in [0.4, 0.5) is 22.4 Å². The summed E-state index contributed by atoms with van der Waals surface area (Å²) in [7, 11) is 0.867. The number of ether oxygens (including phenoxy) is 2. The van der Waals surface area contributed by atoms with Crippen molar-refractivity contribution >= 4 is 12.0 Å². The molecule has 0 bridgehead atoms. The van der Waals surface area contributed by atoms with Gasteiger partial charge in [0.25, 0.3) is 11.5 Å². The van der Waals surface area contributed by atoms with Crippen LogP contribution in [0, 0.1) is 12.7 Å². The minimum Gasteiger partial charge on any atom is -0.442 e. The van der Waals surface area contributed by atoms with Crippen LogP contribution in [0.3, 0.4) is 0 Å². The Morgan fingerprint density at radius 2 is 1.80 bits per heavy atom. The summed E-state index contributed by atoms with van der Waals surface area (Å²) in [6.45, 7) is 1.83. The standard InChI is InChI=1S/C25H26F4N2O4/c1-16-14-18(26)8-9-19(16)20-15-30-22(33)35-23(20)10-12-31(13-11-23)21(32)24(34-2,25(27,28)29)17-6-4-3-5-7-17/h3-9,14,20H,10-13,15H2,1-2H3,(H,30,33)/t20-,24+/m0/s1. The van der Waals surface area contributed by atoms with Crippen molar-refractivity contribution in [1.29, 1.82) is 0 Å². The minimum absolute atomic E-state index is 0.0725. The van der Waals surface area contributed by atoms with Gasteiger partial charge in [0.05, 0.1) is 0 Å². The van der Waals surface area contributed by atoms with E-state index in [1.807, 2.05) is 0 Å². The van der Waals surface area contributed by atoms with Gasteiger partial charge in [-0.15, -0.1) is 0 Å². The van der Waals surface area contributed by atoms with E-state index in [0.717, 1.165) is 17.6 Å². The molecule has 2 atom stereocenters. The van der Waals surface area contributed by atoms with Crippen LogP contribution in [0.5, 0.6) is 0 Å². The first kappa shape index (κ1) is 25.0. The molecule has 1 N–H and O–H groups in total. The lowest BCUT2D eigenvalue weighted by Crippen LogP contribution is -2.62. The molecule has 10 heteroatoms. The molecule has 2 amide bonds. The largest absolute Gasteiger partial charge is 0.442 e. The zero-order valence-corrected chi connectivity index (χ0v) is 19.3. The fourth-order valence-electron chi connectivity index (χ4n) is 5.25. The highest BCUT2D eigenvalue weighted by Crippen LogP contribution is 2.46. The Bertz CT molecular complexity index is 1100. The van der Waals surface area contributed by atoms with Gasteiger partial charge < -0.3 is 19.7 Å². The minimum atomic E-state index is -5.01. The van der Waals surface area contributed by atoms with Gasteiger partial charge in [-0.2, -0.15) is 13.2 Å². The van der Waals surface area contributed by atoms with Crippen molar-refractivity contribution in [3.05, 3.63) is 71.0 Å². The number of nitrogens with one attached hydrogen (secondary N) is 1. The van der Waals surface area contributed by atoms with E-state index in [1.165, 1.54) is 36.4 Å². The molecule has 6 nitrogen and oxygen atoms in total. The highest BCUT2D eigenvalue weighted by molar-refractivity contribution is 5.88. The van der Waals surface area contributed by atoms with Gasteiger partial charge in [-0.05, 0) is 30.2 Å². The molecule has 0 radical (unpaired) electrons. The average Bonchev–Trinajstić information content (AvgIpc) is 2.81. The molecule has 2 aromatic carbocycles. The summed E-state index contributed by atoms with van der Waals surface area (Å²) in [4.78, 5) is 26.7. The van der Waals surface area contributed by atoms with Crippen LogP contribution in [0.2, 0.25) is 0 Å². The topological polar surface area (TPSA) is 67.9 Å². The van der Waals surface area contributed by atoms with Crippen molar-refractivity contribution in [2.75, 3.05) is 26.7 Å². The van der Waals surface area contributed by atoms with Gasteiger partial charge in [0.1, 0.15) is 11.4 Å². The number of hydrogen-bond acceptors (Lipinski definition) is 4. The summed E-state index contributed by atoms with van der Waals surface area (Å²) in [5.74, 6) is -1.98. The summed E-state index contributed by atoms with van der Waals surface area (Å²) in [6, 6.07) is 11.1. The Hall–Kier alpha value is -3.14. The van der Waals surface area contributed by atoms with Crippen LogP contribution in [-0.4, -0.2) is 55.4 Å². The number of likely N-dealkylation sites (tertiary alicyclic amines) is 1. The normalized spacial score (nSPS) is 21.7. The number of hydrogen-bond donors (Lipinski definition) is 1. The van der Waals surface area contributed by atoms with Crippen molar-refractivity contribution in [2.45, 2.75) is 43.1 Å². The first-order valence-corrected chi connectivity index (χ1v) is 11.2. The second-order valence-corrected chi connectivity index (χ2v) is 8.93. The van der Waals surface area contributed by atoms with Crippen molar-refractivity contribution in [2.24, 2.45) is 0 Å². The van der Waals surface area contributed by atoms with E-state index in [9.17, 15) is 27.2 Å². The Morgan fingerprint density at radius 3 is 2.37 bits per heavy atom. The SMILES string of the molecule is CO[C@@](C(=O)N1CCC2(CC1)OC(=O)NC[C@H]2c1ccc(F)cc1C)(c1ccccc1)C(F)(F)F. The van der Waals surface area contributed by atoms with Crippen molar-refractivity contribution in [3.63, 3.8) is 0 Å². The van der Waals surface area contributed by atoms with Gasteiger partial charge in [0, 0.05) is 51.1 Å². The molecule has 0 aromatic heterocycles. The third-order valence-corrected chi connectivity index (χ3v) is 7.07. The summed E-state index contributed by atoms with van der Waals surface area (Å²) >= 11 is 0. The number of aryl methyl sites for hydroxylation is 1. The third kappa shape index (κ3) is 4.24. The second kappa shape index (κ2) is 9.14. The summed E-state index contributed by atoms with van der Waals surface area (Å²) in [6.07, 6.45) is -5.39. The number of amides is 2. The molecule has 2 saturated heterocycles. The Balaban J connectivity index is 1.63. The smallest absolute Gasteiger partial charge is 0.430 e. The number of benzene rings is 2. The van der Waals surface area contributed by atoms with Gasteiger partial charge in [-0.25, -0.2) is 9.18 Å². The van der Waals surface area contributed by atoms with Gasteiger partial charge >= 0.3 is 12.3 Å². The molecule has 2 fully saturated rings. The number of nitrogens with zero attached hydrogens (tertiary/aromatic N) is 1. The highest BCUT2D eigenvalue weighted by atomic mass is 19.4. The maximum atomic E-state index is 14.3. The van der Waals surface area contributed by atoms with E-state index in [0.29, 0.717) is 5.56 Å². The predicted molar refractivity (Wildman–Crippen MR) is 118 cm³/mol. The van der Waals surface area contributed by atoms with Crippen LogP contribution in [0.15, 0.2) is 48.5 Å². The van der Waals surface area contributed by atoms with Crippen molar-refractivity contribution in [1.82, 2.24) is 10.2 Å². The number of piperidine rings is 1. The fraction of sp³-hybridized carbons (Fsp3) is 0.440. The van der Waals surface area contributed by atoms with Gasteiger partial charge in [0.15, 0.2) is 0 Å². The van der Waals surface area contributed by atoms with Crippen molar-refractivity contribution in [3.8, 4) is 0 Å². The third-order valence-electron chi connectivity index (χ3n) is 7.07. The molecule has 2 heterocycles. The zero-order chi connectivity index (χ0) is 25.4. The molecule has 188 valence electrons. The number of halogens is 4. The zero-order valence-electron chi connectivity index (χ0n) is 19.3. The second-order valence-electron chi connectivity index (χ2n) is 8.93. The molecule has 1 spiro atoms. The van der Waals surface area contributed by atoms with Crippen LogP contribution in [0.25, 0.3) is 0 Å². The van der Waals surface area contributed by atoms with E-state index in [1.54, 1.807) is 19.1 Å². The lowest BCUT2D eigenvalue weighted by molar-refractivity contribution is -0.271. The van der Waals surface area contributed by atoms with Gasteiger partial charge in [-0.1, -0.05) is 36.4 Å². The number of rotatable bonds is 4. The molecule has 4 rings (SSSR count). The molecule has 2 aromatic rings. The van der Waals surface area contributed by atoms with E-state index < -0.39 is 35.2 Å². The first-order valence-electron chi connectivity index (χ1n) is 11.2. The van der Waals surface area contributed by atoms with Crippen LogP contribution in [-0.2, 0) is 19.9 Å². The van der Waals surface area contributed by atoms with E-state index in [-0.39, 0.29) is 44.0 Å². The fourth-order valence-corrected chi connectivity index (χ4v) is 5.25. The molecular formula is C25H26F4N2O4. The van der Waals surface area contributed by atoms with Crippen LogP contribution < -0.4 is 5.32 Å². The number of alkyl halides is 3. The number of alkyl carbamates (subject to hydrolysis) is 1. The summed E-state index contributed by atoms with van der Waals surface area (Å²) in [5.41, 5.74) is -3.06. The predicted octanol–water partition coefficient (Wildman–Crippen LogP) is 4.42. The number of carbonyl (C=O) groups excluding carboxylic acids is 2. The van der Waals surface area contributed by atoms with E-state index >= 15 is 0 Å². The number of carbonyl (C=O) groups is 2. The Kier molecular flexibility index (Phi) is 6.52. The summed E-state index contributed by atoms with van der Waals surface area (Å²) < 4.78 is 67.4. The lowest BCUT2D eigenvalue weighted by atomic mass is 9.73. The molecule has 0 aliphatic carbocycles. The monoisotopic (exact) mass is 494 g/mol. The summed E-state index contributed by atoms with van der Waals surface area (Å²) in [5, 5.41) is 2.65. The van der Waals surface area contributed by atoms with E-state index in [4.69, 9.17) is 9.47 Å². The van der Waals surface area contributed by atoms with Crippen LogP contribution in [0.1, 0.15) is 35.4 Å². The molecule has 0 unspecified atom stereocenters. The van der Waals surface area contributed by atoms with E-state index in [2.05, 4.69) is 5.32 Å². The Morgan fingerprint density at radius 1 is 1.14 bits per heavy atom. The highest BCUT2D eigenvalue weighted by Gasteiger charge is 2.64.